The quantitative estimate of drug-likeness (QED) is 0.363. The Hall–Kier alpha value is -3.48. The van der Waals surface area contributed by atoms with E-state index in [1.54, 1.807) is 7.05 Å². The summed E-state index contributed by atoms with van der Waals surface area (Å²) in [6.45, 7) is 1.91. The fourth-order valence-corrected chi connectivity index (χ4v) is 3.29. The molecule has 1 atom stereocenters. The third kappa shape index (κ3) is 6.78. The monoisotopic (exact) mass is 502 g/mol. The molecular weight excluding hydrogens is 482 g/mol. The van der Waals surface area contributed by atoms with E-state index in [2.05, 4.69) is 19.8 Å². The first-order valence-electron chi connectivity index (χ1n) is 10.1. The second-order valence-electron chi connectivity index (χ2n) is 8.31. The van der Waals surface area contributed by atoms with E-state index in [1.165, 1.54) is 29.2 Å². The Morgan fingerprint density at radius 2 is 1.69 bits per heavy atom. The first-order chi connectivity index (χ1) is 16.0. The normalized spacial score (nSPS) is 13.5. The number of ether oxygens (including phenoxy) is 1. The van der Waals surface area contributed by atoms with Crippen molar-refractivity contribution in [3.63, 3.8) is 0 Å². The number of aryl methyl sites for hydroxylation is 1. The van der Waals surface area contributed by atoms with Crippen LogP contribution in [-0.2, 0) is 7.05 Å². The Balaban J connectivity index is 2.04. The molecule has 0 aliphatic carbocycles. The minimum Gasteiger partial charge on any atom is -0.406 e. The number of ketones is 1. The van der Waals surface area contributed by atoms with E-state index in [1.807, 2.05) is 0 Å². The average molecular weight is 502 g/mol. The maximum atomic E-state index is 13.5. The number of hydrogen-bond acceptors (Lipinski definition) is 6. The summed E-state index contributed by atoms with van der Waals surface area (Å²) in [5.41, 5.74) is -1.90. The maximum absolute atomic E-state index is 13.5. The highest BCUT2D eigenvalue weighted by Crippen LogP contribution is 2.38. The van der Waals surface area contributed by atoms with Gasteiger partial charge in [0.1, 0.15) is 11.4 Å². The minimum absolute atomic E-state index is 0.0265. The van der Waals surface area contributed by atoms with Crippen molar-refractivity contribution in [3.8, 4) is 28.4 Å². The SMILES string of the molecule is Cn1cc(-c2nc(C(=O)C[C@H](C(C)(C)O)C(F)(F)F)cc(-c3ccc(OC(F)(F)F)cc3)n2)cn1. The zero-order chi connectivity index (χ0) is 26.2. The van der Waals surface area contributed by atoms with Crippen LogP contribution >= 0.6 is 0 Å². The van der Waals surface area contributed by atoms with E-state index in [0.717, 1.165) is 32.0 Å². The number of hydrogen-bond donors (Lipinski definition) is 1. The van der Waals surface area contributed by atoms with Crippen LogP contribution in [0.15, 0.2) is 42.7 Å². The smallest absolute Gasteiger partial charge is 0.406 e. The maximum Gasteiger partial charge on any atom is 0.573 e. The van der Waals surface area contributed by atoms with Crippen molar-refractivity contribution in [1.82, 2.24) is 19.7 Å². The summed E-state index contributed by atoms with van der Waals surface area (Å²) in [6, 6.07) is 5.70. The Labute approximate surface area is 195 Å². The number of aliphatic hydroxyl groups is 1. The average Bonchev–Trinajstić information content (AvgIpc) is 3.15. The van der Waals surface area contributed by atoms with Crippen LogP contribution in [0.1, 0.15) is 30.8 Å². The highest BCUT2D eigenvalue weighted by Gasteiger charge is 2.49. The number of benzene rings is 1. The molecule has 2 aromatic heterocycles. The first kappa shape index (κ1) is 26.1. The topological polar surface area (TPSA) is 90.1 Å². The third-order valence-electron chi connectivity index (χ3n) is 5.00. The molecule has 0 saturated heterocycles. The number of carbonyl (C=O) groups excluding carboxylic acids is 1. The lowest BCUT2D eigenvalue weighted by atomic mass is 9.85. The Morgan fingerprint density at radius 1 is 1.06 bits per heavy atom. The van der Waals surface area contributed by atoms with Gasteiger partial charge < -0.3 is 9.84 Å². The molecule has 0 aliphatic rings. The Morgan fingerprint density at radius 3 is 2.17 bits per heavy atom. The number of carbonyl (C=O) groups is 1. The van der Waals surface area contributed by atoms with Crippen LogP contribution < -0.4 is 4.74 Å². The molecule has 0 aliphatic heterocycles. The van der Waals surface area contributed by atoms with Gasteiger partial charge in [0.05, 0.1) is 29.0 Å². The third-order valence-corrected chi connectivity index (χ3v) is 5.00. The van der Waals surface area contributed by atoms with E-state index in [4.69, 9.17) is 0 Å². The van der Waals surface area contributed by atoms with Crippen LogP contribution in [0.25, 0.3) is 22.6 Å². The van der Waals surface area contributed by atoms with Crippen molar-refractivity contribution >= 4 is 5.78 Å². The van der Waals surface area contributed by atoms with Gasteiger partial charge in [0.15, 0.2) is 11.6 Å². The summed E-state index contributed by atoms with van der Waals surface area (Å²) in [4.78, 5) is 21.3. The number of aromatic nitrogens is 4. The lowest BCUT2D eigenvalue weighted by Gasteiger charge is -2.30. The molecule has 0 bridgehead atoms. The molecule has 188 valence electrons. The molecule has 1 aromatic carbocycles. The molecule has 2 heterocycles. The molecular formula is C22H20F6N4O3. The van der Waals surface area contributed by atoms with Gasteiger partial charge in [-0.05, 0) is 44.2 Å². The van der Waals surface area contributed by atoms with Crippen LogP contribution in [0.3, 0.4) is 0 Å². The number of nitrogens with zero attached hydrogens (tertiary/aromatic N) is 4. The zero-order valence-electron chi connectivity index (χ0n) is 18.6. The molecule has 0 saturated carbocycles. The van der Waals surface area contributed by atoms with E-state index in [-0.39, 0.29) is 22.8 Å². The number of halogens is 6. The van der Waals surface area contributed by atoms with Crippen molar-refractivity contribution in [1.29, 1.82) is 0 Å². The van der Waals surface area contributed by atoms with Gasteiger partial charge in [0, 0.05) is 25.2 Å². The van der Waals surface area contributed by atoms with Crippen molar-refractivity contribution < 1.29 is 41.0 Å². The van der Waals surface area contributed by atoms with Gasteiger partial charge in [-0.15, -0.1) is 13.2 Å². The first-order valence-corrected chi connectivity index (χ1v) is 10.1. The second kappa shape index (κ2) is 9.29. The van der Waals surface area contributed by atoms with Gasteiger partial charge in [-0.25, -0.2) is 9.97 Å². The predicted octanol–water partition coefficient (Wildman–Crippen LogP) is 4.96. The van der Waals surface area contributed by atoms with Gasteiger partial charge in [0.25, 0.3) is 0 Å². The number of Topliss-reactive ketones (excluding diaryl/α,β-unsaturated/α-hetero) is 1. The van der Waals surface area contributed by atoms with Crippen LogP contribution in [0.5, 0.6) is 5.75 Å². The van der Waals surface area contributed by atoms with Crippen LogP contribution in [0.2, 0.25) is 0 Å². The fraction of sp³-hybridized carbons (Fsp3) is 0.364. The van der Waals surface area contributed by atoms with Crippen LogP contribution in [0, 0.1) is 5.92 Å². The van der Waals surface area contributed by atoms with Gasteiger partial charge in [-0.1, -0.05) is 0 Å². The Kier molecular flexibility index (Phi) is 6.93. The van der Waals surface area contributed by atoms with Crippen molar-refractivity contribution in [2.45, 2.75) is 38.4 Å². The van der Waals surface area contributed by atoms with Gasteiger partial charge in [0.2, 0.25) is 0 Å². The summed E-state index contributed by atoms with van der Waals surface area (Å²) in [6.07, 6.45) is -7.93. The highest BCUT2D eigenvalue weighted by atomic mass is 19.4. The molecule has 3 aromatic rings. The summed E-state index contributed by atoms with van der Waals surface area (Å²) >= 11 is 0. The minimum atomic E-state index is -4.89. The van der Waals surface area contributed by atoms with E-state index in [0.29, 0.717) is 5.56 Å². The summed E-state index contributed by atoms with van der Waals surface area (Å²) in [5.74, 6) is -3.87. The molecule has 0 unspecified atom stereocenters. The molecule has 3 rings (SSSR count). The molecule has 7 nitrogen and oxygen atoms in total. The standard InChI is InChI=1S/C22H20F6N4O3/c1-20(2,34)18(21(23,24)25)9-17(33)16-8-15(30-19(31-16)13-10-29-32(3)11-13)12-4-6-14(7-5-12)35-22(26,27)28/h4-8,10-11,18,34H,9H2,1-3H3/t18-/m1/s1. The molecule has 0 fully saturated rings. The molecule has 0 spiro atoms. The predicted molar refractivity (Wildman–Crippen MR) is 111 cm³/mol. The molecule has 0 radical (unpaired) electrons. The van der Waals surface area contributed by atoms with Crippen LogP contribution in [0.4, 0.5) is 26.3 Å². The molecule has 13 heteroatoms. The van der Waals surface area contributed by atoms with E-state index >= 15 is 0 Å². The highest BCUT2D eigenvalue weighted by molar-refractivity contribution is 5.95. The summed E-state index contributed by atoms with van der Waals surface area (Å²) in [7, 11) is 1.61. The van der Waals surface area contributed by atoms with Gasteiger partial charge in [-0.2, -0.15) is 18.3 Å². The van der Waals surface area contributed by atoms with E-state index in [9.17, 15) is 36.2 Å². The lowest BCUT2D eigenvalue weighted by Crippen LogP contribution is -2.42. The van der Waals surface area contributed by atoms with Gasteiger partial charge >= 0.3 is 12.5 Å². The lowest BCUT2D eigenvalue weighted by molar-refractivity contribution is -0.274. The van der Waals surface area contributed by atoms with Gasteiger partial charge in [-0.3, -0.25) is 9.48 Å². The Bertz CT molecular complexity index is 1180. The molecule has 0 amide bonds. The van der Waals surface area contributed by atoms with Crippen LogP contribution in [-0.4, -0.2) is 48.8 Å². The van der Waals surface area contributed by atoms with E-state index < -0.39 is 42.0 Å². The second-order valence-corrected chi connectivity index (χ2v) is 8.31. The number of rotatable bonds is 7. The largest absolute Gasteiger partial charge is 0.573 e. The zero-order valence-corrected chi connectivity index (χ0v) is 18.6. The molecule has 1 N–H and O–H groups in total. The molecule has 35 heavy (non-hydrogen) atoms. The van der Waals surface area contributed by atoms with Crippen molar-refractivity contribution in [3.05, 3.63) is 48.4 Å². The van der Waals surface area contributed by atoms with Crippen molar-refractivity contribution in [2.24, 2.45) is 13.0 Å². The fourth-order valence-electron chi connectivity index (χ4n) is 3.29. The number of alkyl halides is 6. The summed E-state index contributed by atoms with van der Waals surface area (Å²) in [5, 5.41) is 14.0. The summed E-state index contributed by atoms with van der Waals surface area (Å²) < 4.78 is 83.0. The van der Waals surface area contributed by atoms with Crippen molar-refractivity contribution in [2.75, 3.05) is 0 Å².